The molecular weight excluding hydrogens is 268 g/mol. The molecule has 20 heavy (non-hydrogen) atoms. The van der Waals surface area contributed by atoms with E-state index in [0.29, 0.717) is 0 Å². The third kappa shape index (κ3) is 2.54. The van der Waals surface area contributed by atoms with Crippen LogP contribution in [0.25, 0.3) is 11.5 Å². The summed E-state index contributed by atoms with van der Waals surface area (Å²) in [6, 6.07) is 3.13. The maximum absolute atomic E-state index is 13.2. The molecule has 0 fully saturated rings. The zero-order valence-corrected chi connectivity index (χ0v) is 11.2. The van der Waals surface area contributed by atoms with Gasteiger partial charge in [0, 0.05) is 11.0 Å². The Morgan fingerprint density at radius 3 is 2.35 bits per heavy atom. The van der Waals surface area contributed by atoms with Gasteiger partial charge in [-0.3, -0.25) is 0 Å². The van der Waals surface area contributed by atoms with Crippen molar-refractivity contribution in [3.63, 3.8) is 0 Å². The summed E-state index contributed by atoms with van der Waals surface area (Å²) in [5, 5.41) is 9.12. The largest absolute Gasteiger partial charge is 0.475 e. The zero-order valence-electron chi connectivity index (χ0n) is 11.2. The molecule has 2 aromatic rings. The molecule has 6 heteroatoms. The summed E-state index contributed by atoms with van der Waals surface area (Å²) in [7, 11) is 0. The van der Waals surface area contributed by atoms with Gasteiger partial charge in [-0.25, -0.2) is 18.6 Å². The van der Waals surface area contributed by atoms with E-state index >= 15 is 0 Å². The van der Waals surface area contributed by atoms with Gasteiger partial charge in [-0.15, -0.1) is 0 Å². The molecule has 1 heterocycles. The van der Waals surface area contributed by atoms with Crippen LogP contribution >= 0.6 is 0 Å². The van der Waals surface area contributed by atoms with Gasteiger partial charge in [0.2, 0.25) is 11.7 Å². The average molecular weight is 281 g/mol. The van der Waals surface area contributed by atoms with Crippen LogP contribution in [-0.4, -0.2) is 16.1 Å². The van der Waals surface area contributed by atoms with Crippen molar-refractivity contribution in [2.45, 2.75) is 26.2 Å². The van der Waals surface area contributed by atoms with Crippen LogP contribution in [0.15, 0.2) is 22.6 Å². The number of carbonyl (C=O) groups is 1. The first-order chi connectivity index (χ1) is 9.20. The maximum atomic E-state index is 13.2. The number of rotatable bonds is 2. The molecule has 0 aliphatic heterocycles. The van der Waals surface area contributed by atoms with E-state index in [4.69, 9.17) is 9.52 Å². The van der Waals surface area contributed by atoms with Crippen LogP contribution < -0.4 is 0 Å². The predicted molar refractivity (Wildman–Crippen MR) is 67.5 cm³/mol. The van der Waals surface area contributed by atoms with Crippen molar-refractivity contribution in [3.8, 4) is 11.5 Å². The summed E-state index contributed by atoms with van der Waals surface area (Å²) in [5.74, 6) is -3.63. The lowest BCUT2D eigenvalue weighted by atomic mass is 9.91. The number of carboxylic acids is 1. The highest BCUT2D eigenvalue weighted by molar-refractivity contribution is 5.86. The van der Waals surface area contributed by atoms with E-state index in [0.717, 1.165) is 12.1 Å². The average Bonchev–Trinajstić information content (AvgIpc) is 2.77. The van der Waals surface area contributed by atoms with Gasteiger partial charge in [0.1, 0.15) is 5.69 Å². The zero-order chi connectivity index (χ0) is 15.1. The Bertz CT molecular complexity index is 672. The SMILES string of the molecule is CC(C)(C)c1nc(-c2ccc(F)c(F)c2)oc1C(=O)O. The number of nitrogens with zero attached hydrogens (tertiary/aromatic N) is 1. The first-order valence-corrected chi connectivity index (χ1v) is 5.90. The molecule has 2 rings (SSSR count). The number of oxazole rings is 1. The van der Waals surface area contributed by atoms with Gasteiger partial charge in [-0.2, -0.15) is 0 Å². The Balaban J connectivity index is 2.58. The second-order valence-electron chi connectivity index (χ2n) is 5.38. The molecule has 4 nitrogen and oxygen atoms in total. The standard InChI is InChI=1S/C14H13F2NO3/c1-14(2,3)11-10(13(18)19)20-12(17-11)7-4-5-8(15)9(16)6-7/h4-6H,1-3H3,(H,18,19). The van der Waals surface area contributed by atoms with Crippen LogP contribution in [0, 0.1) is 11.6 Å². The molecule has 0 aliphatic rings. The monoisotopic (exact) mass is 281 g/mol. The summed E-state index contributed by atoms with van der Waals surface area (Å²) >= 11 is 0. The van der Waals surface area contributed by atoms with Crippen LogP contribution in [0.5, 0.6) is 0 Å². The van der Waals surface area contributed by atoms with Gasteiger partial charge in [-0.1, -0.05) is 20.8 Å². The van der Waals surface area contributed by atoms with E-state index in [1.54, 1.807) is 20.8 Å². The van der Waals surface area contributed by atoms with E-state index in [1.165, 1.54) is 6.07 Å². The topological polar surface area (TPSA) is 63.3 Å². The number of hydrogen-bond acceptors (Lipinski definition) is 3. The van der Waals surface area contributed by atoms with E-state index in [1.807, 2.05) is 0 Å². The van der Waals surface area contributed by atoms with Crippen molar-refractivity contribution in [1.29, 1.82) is 0 Å². The molecule has 0 unspecified atom stereocenters. The number of benzene rings is 1. The van der Waals surface area contributed by atoms with Gasteiger partial charge in [0.05, 0.1) is 0 Å². The van der Waals surface area contributed by atoms with E-state index in [2.05, 4.69) is 4.98 Å². The Morgan fingerprint density at radius 2 is 1.90 bits per heavy atom. The van der Waals surface area contributed by atoms with Crippen molar-refractivity contribution >= 4 is 5.97 Å². The highest BCUT2D eigenvalue weighted by Crippen LogP contribution is 2.30. The van der Waals surface area contributed by atoms with E-state index in [9.17, 15) is 13.6 Å². The molecule has 0 amide bonds. The molecule has 1 aromatic carbocycles. The quantitative estimate of drug-likeness (QED) is 0.913. The van der Waals surface area contributed by atoms with E-state index in [-0.39, 0.29) is 22.9 Å². The Labute approximate surface area is 114 Å². The highest BCUT2D eigenvalue weighted by Gasteiger charge is 2.29. The fourth-order valence-corrected chi connectivity index (χ4v) is 1.73. The second kappa shape index (κ2) is 4.70. The Hall–Kier alpha value is -2.24. The number of hydrogen-bond donors (Lipinski definition) is 1. The molecular formula is C14H13F2NO3. The molecule has 0 aliphatic carbocycles. The third-order valence-electron chi connectivity index (χ3n) is 2.70. The van der Waals surface area contributed by atoms with Crippen LogP contribution in [0.3, 0.4) is 0 Å². The van der Waals surface area contributed by atoms with Crippen molar-refractivity contribution in [1.82, 2.24) is 4.98 Å². The summed E-state index contributed by atoms with van der Waals surface area (Å²) in [6.07, 6.45) is 0. The van der Waals surface area contributed by atoms with Gasteiger partial charge in [0.25, 0.3) is 0 Å². The molecule has 1 N–H and O–H groups in total. The number of aromatic carboxylic acids is 1. The minimum atomic E-state index is -1.25. The summed E-state index contributed by atoms with van der Waals surface area (Å²) in [4.78, 5) is 15.3. The lowest BCUT2D eigenvalue weighted by molar-refractivity contribution is 0.0659. The lowest BCUT2D eigenvalue weighted by Gasteiger charge is -2.14. The molecule has 0 saturated heterocycles. The van der Waals surface area contributed by atoms with Crippen molar-refractivity contribution in [3.05, 3.63) is 41.3 Å². The first kappa shape index (κ1) is 14.2. The normalized spacial score (nSPS) is 11.7. The fourth-order valence-electron chi connectivity index (χ4n) is 1.73. The Kier molecular flexibility index (Phi) is 3.33. The Morgan fingerprint density at radius 1 is 1.25 bits per heavy atom. The summed E-state index contributed by atoms with van der Waals surface area (Å²) in [6.45, 7) is 5.35. The lowest BCUT2D eigenvalue weighted by Crippen LogP contribution is -2.16. The van der Waals surface area contributed by atoms with Crippen LogP contribution in [0.2, 0.25) is 0 Å². The van der Waals surface area contributed by atoms with Gasteiger partial charge < -0.3 is 9.52 Å². The van der Waals surface area contributed by atoms with Gasteiger partial charge >= 0.3 is 5.97 Å². The van der Waals surface area contributed by atoms with Crippen molar-refractivity contribution in [2.75, 3.05) is 0 Å². The molecule has 0 bridgehead atoms. The number of carboxylic acid groups (broad SMARTS) is 1. The molecule has 1 aromatic heterocycles. The number of halogens is 2. The van der Waals surface area contributed by atoms with Gasteiger partial charge in [-0.05, 0) is 18.2 Å². The highest BCUT2D eigenvalue weighted by atomic mass is 19.2. The molecule has 0 spiro atoms. The van der Waals surface area contributed by atoms with Crippen LogP contribution in [-0.2, 0) is 5.41 Å². The second-order valence-corrected chi connectivity index (χ2v) is 5.38. The molecule has 0 atom stereocenters. The third-order valence-corrected chi connectivity index (χ3v) is 2.70. The summed E-state index contributed by atoms with van der Waals surface area (Å²) in [5.41, 5.74) is -0.111. The predicted octanol–water partition coefficient (Wildman–Crippen LogP) is 3.62. The van der Waals surface area contributed by atoms with E-state index < -0.39 is 23.0 Å². The number of aromatic nitrogens is 1. The van der Waals surface area contributed by atoms with Crippen LogP contribution in [0.4, 0.5) is 8.78 Å². The van der Waals surface area contributed by atoms with Crippen molar-refractivity contribution < 1.29 is 23.1 Å². The molecule has 0 radical (unpaired) electrons. The minimum absolute atomic E-state index is 0.0498. The van der Waals surface area contributed by atoms with Crippen molar-refractivity contribution in [2.24, 2.45) is 0 Å². The first-order valence-electron chi connectivity index (χ1n) is 5.90. The molecule has 0 saturated carbocycles. The smallest absolute Gasteiger partial charge is 0.373 e. The maximum Gasteiger partial charge on any atom is 0.373 e. The fraction of sp³-hybridized carbons (Fsp3) is 0.286. The minimum Gasteiger partial charge on any atom is -0.475 e. The molecule has 106 valence electrons. The van der Waals surface area contributed by atoms with Crippen LogP contribution in [0.1, 0.15) is 37.0 Å². The summed E-state index contributed by atoms with van der Waals surface area (Å²) < 4.78 is 31.3. The van der Waals surface area contributed by atoms with Gasteiger partial charge in [0.15, 0.2) is 11.6 Å².